The molecule has 0 aliphatic heterocycles. The van der Waals surface area contributed by atoms with Crippen LogP contribution in [0.5, 0.6) is 0 Å². The summed E-state index contributed by atoms with van der Waals surface area (Å²) in [5.41, 5.74) is 1.09. The van der Waals surface area contributed by atoms with E-state index in [1.165, 1.54) is 0 Å². The maximum Gasteiger partial charge on any atom is 0.123 e. The molecule has 0 aromatic carbocycles. The quantitative estimate of drug-likeness (QED) is 0.821. The van der Waals surface area contributed by atoms with Crippen LogP contribution >= 0.6 is 0 Å². The second kappa shape index (κ2) is 5.82. The van der Waals surface area contributed by atoms with E-state index in [1.54, 1.807) is 6.20 Å². The first kappa shape index (κ1) is 12.8. The van der Waals surface area contributed by atoms with Crippen LogP contribution in [0.3, 0.4) is 0 Å². The Morgan fingerprint density at radius 2 is 2.28 bits per heavy atom. The number of likely N-dealkylation sites (N-methyl/N-ethyl adjacent to an activating group) is 1. The lowest BCUT2D eigenvalue weighted by Crippen LogP contribution is -2.24. The van der Waals surface area contributed by atoms with Gasteiger partial charge in [-0.05, 0) is 26.5 Å². The summed E-state index contributed by atoms with van der Waals surface area (Å²) in [5, 5.41) is 8.01. The van der Waals surface area contributed by atoms with Gasteiger partial charge >= 0.3 is 0 Å². The third-order valence-corrected chi connectivity index (χ3v) is 2.91. The van der Waals surface area contributed by atoms with Crippen molar-refractivity contribution in [3.63, 3.8) is 0 Å². The zero-order valence-electron chi connectivity index (χ0n) is 11.2. The first-order chi connectivity index (χ1) is 8.70. The summed E-state index contributed by atoms with van der Waals surface area (Å²) in [6, 6.07) is 2.67. The predicted octanol–water partition coefficient (Wildman–Crippen LogP) is 2.08. The van der Waals surface area contributed by atoms with Crippen molar-refractivity contribution in [2.45, 2.75) is 39.3 Å². The van der Waals surface area contributed by atoms with Gasteiger partial charge in [0.1, 0.15) is 5.82 Å². The number of nitrogens with zero attached hydrogens (tertiary/aromatic N) is 3. The highest BCUT2D eigenvalue weighted by Gasteiger charge is 2.15. The van der Waals surface area contributed by atoms with Crippen molar-refractivity contribution in [3.8, 4) is 0 Å². The Bertz CT molecular complexity index is 457. The van der Waals surface area contributed by atoms with E-state index in [2.05, 4.69) is 47.2 Å². The summed E-state index contributed by atoms with van der Waals surface area (Å²) in [4.78, 5) is 7.48. The maximum atomic E-state index is 4.58. The van der Waals surface area contributed by atoms with Crippen LogP contribution < -0.4 is 5.32 Å². The summed E-state index contributed by atoms with van der Waals surface area (Å²) in [6.07, 6.45) is 6.52. The minimum absolute atomic E-state index is 0.195. The minimum Gasteiger partial charge on any atom is -0.347 e. The molecule has 0 radical (unpaired) electrons. The molecule has 0 aliphatic rings. The van der Waals surface area contributed by atoms with E-state index < -0.39 is 0 Å². The van der Waals surface area contributed by atoms with Crippen molar-refractivity contribution in [1.82, 2.24) is 25.1 Å². The highest BCUT2D eigenvalue weighted by molar-refractivity contribution is 5.07. The normalized spacial score (nSPS) is 13.1. The topological polar surface area (TPSA) is 58.5 Å². The van der Waals surface area contributed by atoms with Crippen molar-refractivity contribution in [1.29, 1.82) is 0 Å². The van der Waals surface area contributed by atoms with Crippen molar-refractivity contribution >= 4 is 0 Å². The van der Waals surface area contributed by atoms with Gasteiger partial charge in [-0.1, -0.05) is 6.92 Å². The largest absolute Gasteiger partial charge is 0.347 e. The van der Waals surface area contributed by atoms with Crippen LogP contribution in [0.25, 0.3) is 0 Å². The molecule has 2 aromatic rings. The molecular weight excluding hydrogens is 226 g/mol. The van der Waals surface area contributed by atoms with Crippen molar-refractivity contribution in [2.24, 2.45) is 0 Å². The maximum absolute atomic E-state index is 4.58. The fourth-order valence-electron chi connectivity index (χ4n) is 1.96. The number of aromatic nitrogens is 4. The first-order valence-electron chi connectivity index (χ1n) is 6.47. The zero-order valence-corrected chi connectivity index (χ0v) is 11.2. The third kappa shape index (κ3) is 2.98. The molecule has 0 bridgehead atoms. The van der Waals surface area contributed by atoms with E-state index in [0.29, 0.717) is 6.04 Å². The minimum atomic E-state index is 0.195. The molecule has 98 valence electrons. The molecule has 2 heterocycles. The Morgan fingerprint density at radius 3 is 2.83 bits per heavy atom. The summed E-state index contributed by atoms with van der Waals surface area (Å²) >= 11 is 0. The van der Waals surface area contributed by atoms with Crippen LogP contribution in [0.1, 0.15) is 44.4 Å². The van der Waals surface area contributed by atoms with Gasteiger partial charge in [0.15, 0.2) is 0 Å². The lowest BCUT2D eigenvalue weighted by molar-refractivity contribution is 0.497. The van der Waals surface area contributed by atoms with Crippen molar-refractivity contribution in [2.75, 3.05) is 6.54 Å². The molecule has 0 saturated heterocycles. The van der Waals surface area contributed by atoms with Gasteiger partial charge in [0.2, 0.25) is 0 Å². The zero-order chi connectivity index (χ0) is 13.0. The summed E-state index contributed by atoms with van der Waals surface area (Å²) in [5.74, 6) is 0.968. The standard InChI is InChI=1S/C13H21N5/c1-4-14-12(13-15-6-7-16-13)9-11-5-8-18(17-11)10(2)3/h5-8,10,12,14H,4,9H2,1-3H3,(H,15,16). The molecule has 2 rings (SSSR count). The van der Waals surface area contributed by atoms with Crippen LogP contribution in [0.2, 0.25) is 0 Å². The van der Waals surface area contributed by atoms with E-state index in [-0.39, 0.29) is 6.04 Å². The molecule has 2 N–H and O–H groups in total. The van der Waals surface area contributed by atoms with Gasteiger partial charge in [-0.3, -0.25) is 4.68 Å². The van der Waals surface area contributed by atoms with E-state index in [9.17, 15) is 0 Å². The molecule has 5 heteroatoms. The Kier molecular flexibility index (Phi) is 4.15. The number of hydrogen-bond acceptors (Lipinski definition) is 3. The Hall–Kier alpha value is -1.62. The molecule has 18 heavy (non-hydrogen) atoms. The Labute approximate surface area is 108 Å². The number of H-pyrrole nitrogens is 1. The van der Waals surface area contributed by atoms with Gasteiger partial charge in [-0.25, -0.2) is 4.98 Å². The van der Waals surface area contributed by atoms with Crippen molar-refractivity contribution in [3.05, 3.63) is 36.2 Å². The molecule has 0 fully saturated rings. The van der Waals surface area contributed by atoms with Crippen LogP contribution in [0.4, 0.5) is 0 Å². The number of hydrogen-bond donors (Lipinski definition) is 2. The van der Waals surface area contributed by atoms with Gasteiger partial charge in [0, 0.05) is 31.1 Å². The number of rotatable bonds is 6. The number of nitrogens with one attached hydrogen (secondary N) is 2. The first-order valence-corrected chi connectivity index (χ1v) is 6.47. The Morgan fingerprint density at radius 1 is 1.44 bits per heavy atom. The molecule has 0 aliphatic carbocycles. The smallest absolute Gasteiger partial charge is 0.123 e. The van der Waals surface area contributed by atoms with Crippen LogP contribution in [-0.4, -0.2) is 26.3 Å². The molecule has 0 saturated carbocycles. The number of imidazole rings is 1. The van der Waals surface area contributed by atoms with E-state index in [1.807, 2.05) is 17.1 Å². The van der Waals surface area contributed by atoms with Crippen LogP contribution in [0.15, 0.2) is 24.7 Å². The molecule has 0 spiro atoms. The summed E-state index contributed by atoms with van der Waals surface area (Å²) < 4.78 is 1.99. The van der Waals surface area contributed by atoms with E-state index >= 15 is 0 Å². The molecule has 1 atom stereocenters. The van der Waals surface area contributed by atoms with Gasteiger partial charge in [-0.15, -0.1) is 0 Å². The molecular formula is C13H21N5. The predicted molar refractivity (Wildman–Crippen MR) is 71.3 cm³/mol. The van der Waals surface area contributed by atoms with Gasteiger partial charge in [-0.2, -0.15) is 5.10 Å². The lowest BCUT2D eigenvalue weighted by Gasteiger charge is -2.14. The fourth-order valence-corrected chi connectivity index (χ4v) is 1.96. The van der Waals surface area contributed by atoms with Crippen LogP contribution in [0, 0.1) is 0 Å². The lowest BCUT2D eigenvalue weighted by atomic mass is 10.1. The second-order valence-corrected chi connectivity index (χ2v) is 4.67. The van der Waals surface area contributed by atoms with Gasteiger partial charge in [0.05, 0.1) is 11.7 Å². The average molecular weight is 247 g/mol. The van der Waals surface area contributed by atoms with Gasteiger partial charge < -0.3 is 10.3 Å². The highest BCUT2D eigenvalue weighted by atomic mass is 15.3. The Balaban J connectivity index is 2.08. The van der Waals surface area contributed by atoms with E-state index in [0.717, 1.165) is 24.5 Å². The summed E-state index contributed by atoms with van der Waals surface area (Å²) in [6.45, 7) is 7.27. The highest BCUT2D eigenvalue weighted by Crippen LogP contribution is 2.14. The van der Waals surface area contributed by atoms with Crippen LogP contribution in [-0.2, 0) is 6.42 Å². The average Bonchev–Trinajstić information content (AvgIpc) is 2.99. The van der Waals surface area contributed by atoms with Crippen molar-refractivity contribution < 1.29 is 0 Å². The van der Waals surface area contributed by atoms with Gasteiger partial charge in [0.25, 0.3) is 0 Å². The SMILES string of the molecule is CCNC(Cc1ccn(C(C)C)n1)c1ncc[nH]1. The fraction of sp³-hybridized carbons (Fsp3) is 0.538. The monoisotopic (exact) mass is 247 g/mol. The molecule has 0 amide bonds. The second-order valence-electron chi connectivity index (χ2n) is 4.67. The third-order valence-electron chi connectivity index (χ3n) is 2.91. The van der Waals surface area contributed by atoms with E-state index in [4.69, 9.17) is 0 Å². The molecule has 2 aromatic heterocycles. The molecule has 5 nitrogen and oxygen atoms in total. The summed E-state index contributed by atoms with van der Waals surface area (Å²) in [7, 11) is 0. The molecule has 1 unspecified atom stereocenters. The number of aromatic amines is 1.